The summed E-state index contributed by atoms with van der Waals surface area (Å²) in [5, 5.41) is 11.0. The molecule has 2 aromatic carbocycles. The number of nitrogens with zero attached hydrogens (tertiary/aromatic N) is 1. The van der Waals surface area contributed by atoms with Crippen molar-refractivity contribution in [1.82, 2.24) is 0 Å². The molecule has 2 aromatic rings. The molecule has 0 fully saturated rings. The van der Waals surface area contributed by atoms with E-state index in [9.17, 15) is 24.1 Å². The minimum Gasteiger partial charge on any atom is -0.462 e. The van der Waals surface area contributed by atoms with E-state index in [1.807, 2.05) is 0 Å². The standard InChI is InChI=1S/C17H14FNO6/c1-2-24-16(20)12-7-13(9-15(8-12)19(22)23)17(21)25-10-11-3-5-14(18)6-4-11/h3-9H,2,10H2,1H3. The fourth-order valence-corrected chi connectivity index (χ4v) is 1.98. The number of nitro benzene ring substituents is 1. The van der Waals surface area contributed by atoms with Crippen LogP contribution in [0.1, 0.15) is 33.2 Å². The predicted molar refractivity (Wildman–Crippen MR) is 84.6 cm³/mol. The topological polar surface area (TPSA) is 95.7 Å². The van der Waals surface area contributed by atoms with Crippen molar-refractivity contribution in [2.45, 2.75) is 13.5 Å². The highest BCUT2D eigenvalue weighted by Gasteiger charge is 2.19. The zero-order valence-corrected chi connectivity index (χ0v) is 13.2. The molecule has 0 aliphatic carbocycles. The number of esters is 2. The summed E-state index contributed by atoms with van der Waals surface area (Å²) in [7, 11) is 0. The van der Waals surface area contributed by atoms with Crippen LogP contribution in [0.5, 0.6) is 0 Å². The lowest BCUT2D eigenvalue weighted by molar-refractivity contribution is -0.384. The molecule has 7 nitrogen and oxygen atoms in total. The summed E-state index contributed by atoms with van der Waals surface area (Å²) < 4.78 is 22.7. The first-order valence-electron chi connectivity index (χ1n) is 7.29. The quantitative estimate of drug-likeness (QED) is 0.452. The van der Waals surface area contributed by atoms with Crippen molar-refractivity contribution in [3.8, 4) is 0 Å². The molecule has 0 bridgehead atoms. The summed E-state index contributed by atoms with van der Waals surface area (Å²) in [4.78, 5) is 34.2. The molecule has 0 N–H and O–H groups in total. The number of hydrogen-bond donors (Lipinski definition) is 0. The number of halogens is 1. The average molecular weight is 347 g/mol. The monoisotopic (exact) mass is 347 g/mol. The lowest BCUT2D eigenvalue weighted by atomic mass is 10.1. The first kappa shape index (κ1) is 18.1. The van der Waals surface area contributed by atoms with Gasteiger partial charge in [-0.3, -0.25) is 10.1 Å². The number of non-ortho nitro benzene ring substituents is 1. The van der Waals surface area contributed by atoms with E-state index in [0.717, 1.165) is 18.2 Å². The number of ether oxygens (including phenoxy) is 2. The number of rotatable bonds is 6. The van der Waals surface area contributed by atoms with E-state index < -0.39 is 28.4 Å². The molecule has 0 aliphatic heterocycles. The Bertz CT molecular complexity index is 803. The summed E-state index contributed by atoms with van der Waals surface area (Å²) in [6.07, 6.45) is 0. The second-order valence-corrected chi connectivity index (χ2v) is 4.95. The Morgan fingerprint density at radius 3 is 2.12 bits per heavy atom. The van der Waals surface area contributed by atoms with Crippen molar-refractivity contribution in [3.63, 3.8) is 0 Å². The number of benzene rings is 2. The zero-order chi connectivity index (χ0) is 18.4. The van der Waals surface area contributed by atoms with Gasteiger partial charge in [0, 0.05) is 12.1 Å². The largest absolute Gasteiger partial charge is 0.462 e. The molecule has 0 saturated carbocycles. The molecular weight excluding hydrogens is 333 g/mol. The molecule has 8 heteroatoms. The molecule has 0 amide bonds. The van der Waals surface area contributed by atoms with Crippen molar-refractivity contribution >= 4 is 17.6 Å². The lowest BCUT2D eigenvalue weighted by Gasteiger charge is -2.07. The fraction of sp³-hybridized carbons (Fsp3) is 0.176. The molecule has 0 unspecified atom stereocenters. The normalized spacial score (nSPS) is 10.2. The third-order valence-electron chi connectivity index (χ3n) is 3.16. The van der Waals surface area contributed by atoms with Crippen LogP contribution in [0.15, 0.2) is 42.5 Å². The number of carbonyl (C=O) groups is 2. The van der Waals surface area contributed by atoms with Gasteiger partial charge >= 0.3 is 11.9 Å². The van der Waals surface area contributed by atoms with Crippen molar-refractivity contribution < 1.29 is 28.4 Å². The van der Waals surface area contributed by atoms with E-state index in [4.69, 9.17) is 9.47 Å². The Morgan fingerprint density at radius 1 is 1.04 bits per heavy atom. The first-order chi connectivity index (χ1) is 11.9. The Kier molecular flexibility index (Phi) is 5.78. The molecule has 0 aliphatic rings. The molecule has 0 atom stereocenters. The maximum atomic E-state index is 12.8. The SMILES string of the molecule is CCOC(=O)c1cc(C(=O)OCc2ccc(F)cc2)cc([N+](=O)[O-])c1. The Morgan fingerprint density at radius 2 is 1.60 bits per heavy atom. The average Bonchev–Trinajstić information content (AvgIpc) is 2.60. The van der Waals surface area contributed by atoms with E-state index in [0.29, 0.717) is 5.56 Å². The molecule has 0 aromatic heterocycles. The summed E-state index contributed by atoms with van der Waals surface area (Å²) in [5.41, 5.74) is -0.158. The Balaban J connectivity index is 2.20. The van der Waals surface area contributed by atoms with Crippen molar-refractivity contribution in [3.05, 3.63) is 75.1 Å². The highest BCUT2D eigenvalue weighted by atomic mass is 19.1. The van der Waals surface area contributed by atoms with Crippen molar-refractivity contribution in [1.29, 1.82) is 0 Å². The van der Waals surface area contributed by atoms with Crippen LogP contribution in [-0.4, -0.2) is 23.5 Å². The van der Waals surface area contributed by atoms with Crippen LogP contribution in [0.4, 0.5) is 10.1 Å². The molecule has 0 saturated heterocycles. The summed E-state index contributed by atoms with van der Waals surface area (Å²) in [5.74, 6) is -2.05. The van der Waals surface area contributed by atoms with E-state index in [1.54, 1.807) is 6.92 Å². The van der Waals surface area contributed by atoms with Crippen LogP contribution in [-0.2, 0) is 16.1 Å². The van der Waals surface area contributed by atoms with Crippen LogP contribution < -0.4 is 0 Å². The maximum Gasteiger partial charge on any atom is 0.338 e. The molecule has 130 valence electrons. The van der Waals surface area contributed by atoms with Crippen LogP contribution in [0.3, 0.4) is 0 Å². The second-order valence-electron chi connectivity index (χ2n) is 4.95. The zero-order valence-electron chi connectivity index (χ0n) is 13.2. The van der Waals surface area contributed by atoms with Gasteiger partial charge in [0.05, 0.1) is 22.7 Å². The van der Waals surface area contributed by atoms with Gasteiger partial charge in [-0.05, 0) is 30.7 Å². The van der Waals surface area contributed by atoms with Gasteiger partial charge < -0.3 is 9.47 Å². The van der Waals surface area contributed by atoms with E-state index in [2.05, 4.69) is 0 Å². The van der Waals surface area contributed by atoms with Crippen LogP contribution in [0.25, 0.3) is 0 Å². The molecule has 2 rings (SSSR count). The molecule has 0 radical (unpaired) electrons. The van der Waals surface area contributed by atoms with Gasteiger partial charge in [0.15, 0.2) is 0 Å². The number of hydrogen-bond acceptors (Lipinski definition) is 6. The van der Waals surface area contributed by atoms with Gasteiger partial charge in [0.2, 0.25) is 0 Å². The Hall–Kier alpha value is -3.29. The first-order valence-corrected chi connectivity index (χ1v) is 7.29. The van der Waals surface area contributed by atoms with Crippen molar-refractivity contribution in [2.24, 2.45) is 0 Å². The van der Waals surface area contributed by atoms with Gasteiger partial charge in [0.1, 0.15) is 12.4 Å². The van der Waals surface area contributed by atoms with Crippen LogP contribution >= 0.6 is 0 Å². The molecule has 0 heterocycles. The number of carbonyl (C=O) groups excluding carboxylic acids is 2. The lowest BCUT2D eigenvalue weighted by Crippen LogP contribution is -2.10. The van der Waals surface area contributed by atoms with Crippen LogP contribution in [0, 0.1) is 15.9 Å². The van der Waals surface area contributed by atoms with Crippen molar-refractivity contribution in [2.75, 3.05) is 6.61 Å². The minimum absolute atomic E-state index is 0.0892. The highest BCUT2D eigenvalue weighted by molar-refractivity contribution is 5.96. The fourth-order valence-electron chi connectivity index (χ4n) is 1.98. The minimum atomic E-state index is -0.849. The summed E-state index contributed by atoms with van der Waals surface area (Å²) in [6, 6.07) is 8.52. The van der Waals surface area contributed by atoms with E-state index >= 15 is 0 Å². The second kappa shape index (κ2) is 8.00. The van der Waals surface area contributed by atoms with Gasteiger partial charge in [-0.25, -0.2) is 14.0 Å². The van der Waals surface area contributed by atoms with Gasteiger partial charge in [-0.1, -0.05) is 12.1 Å². The van der Waals surface area contributed by atoms with Gasteiger partial charge in [-0.15, -0.1) is 0 Å². The van der Waals surface area contributed by atoms with Gasteiger partial charge in [0.25, 0.3) is 5.69 Å². The summed E-state index contributed by atoms with van der Waals surface area (Å²) in [6.45, 7) is 1.54. The molecule has 25 heavy (non-hydrogen) atoms. The maximum absolute atomic E-state index is 12.8. The van der Waals surface area contributed by atoms with E-state index in [-0.39, 0.29) is 24.3 Å². The smallest absolute Gasteiger partial charge is 0.338 e. The number of nitro groups is 1. The third-order valence-corrected chi connectivity index (χ3v) is 3.16. The molecular formula is C17H14FNO6. The highest BCUT2D eigenvalue weighted by Crippen LogP contribution is 2.19. The van der Waals surface area contributed by atoms with E-state index in [1.165, 1.54) is 24.3 Å². The summed E-state index contributed by atoms with van der Waals surface area (Å²) >= 11 is 0. The third kappa shape index (κ3) is 4.84. The Labute approximate surface area is 142 Å². The van der Waals surface area contributed by atoms with Gasteiger partial charge in [-0.2, -0.15) is 0 Å². The molecule has 0 spiro atoms. The predicted octanol–water partition coefficient (Wildman–Crippen LogP) is 3.27. The van der Waals surface area contributed by atoms with Crippen LogP contribution in [0.2, 0.25) is 0 Å².